The molecule has 9 heteroatoms. The maximum atomic E-state index is 12.3. The van der Waals surface area contributed by atoms with Crippen LogP contribution in [0.25, 0.3) is 11.0 Å². The summed E-state index contributed by atoms with van der Waals surface area (Å²) in [6.45, 7) is 2.19. The Morgan fingerprint density at radius 3 is 2.46 bits per heavy atom. The van der Waals surface area contributed by atoms with E-state index in [0.29, 0.717) is 29.3 Å². The van der Waals surface area contributed by atoms with Crippen LogP contribution in [0.15, 0.2) is 42.5 Å². The van der Waals surface area contributed by atoms with Gasteiger partial charge in [0.1, 0.15) is 5.75 Å². The third-order valence-corrected chi connectivity index (χ3v) is 4.09. The number of imidazole rings is 1. The number of amides is 3. The van der Waals surface area contributed by atoms with Gasteiger partial charge in [0.15, 0.2) is 6.61 Å². The van der Waals surface area contributed by atoms with Crippen LogP contribution in [-0.2, 0) is 11.3 Å². The molecule has 1 heterocycles. The molecule has 0 aliphatic carbocycles. The summed E-state index contributed by atoms with van der Waals surface area (Å²) in [4.78, 5) is 39.2. The normalized spacial score (nSPS) is 10.6. The number of nitrogens with two attached hydrogens (primary N) is 2. The lowest BCUT2D eigenvalue weighted by Gasteiger charge is -2.09. The van der Waals surface area contributed by atoms with Crippen molar-refractivity contribution in [3.8, 4) is 5.75 Å². The Hall–Kier alpha value is -3.88. The number of anilines is 1. The van der Waals surface area contributed by atoms with Gasteiger partial charge in [-0.15, -0.1) is 0 Å². The highest BCUT2D eigenvalue weighted by molar-refractivity contribution is 5.98. The zero-order valence-electron chi connectivity index (χ0n) is 15.1. The van der Waals surface area contributed by atoms with Crippen LogP contribution in [-0.4, -0.2) is 33.9 Å². The van der Waals surface area contributed by atoms with Gasteiger partial charge in [-0.1, -0.05) is 6.07 Å². The number of benzene rings is 2. The lowest BCUT2D eigenvalue weighted by molar-refractivity contribution is -0.118. The molecule has 0 unspecified atom stereocenters. The van der Waals surface area contributed by atoms with E-state index in [1.54, 1.807) is 41.0 Å². The van der Waals surface area contributed by atoms with Crippen molar-refractivity contribution in [3.63, 3.8) is 0 Å². The number of aromatic nitrogens is 2. The molecule has 0 aliphatic heterocycles. The molecule has 3 aromatic rings. The SMILES string of the molecule is CCn1c(NC(=O)COc2cccc(C(N)=O)c2)nc2cc(C(N)=O)ccc21. The van der Waals surface area contributed by atoms with Crippen molar-refractivity contribution in [1.82, 2.24) is 9.55 Å². The average Bonchev–Trinajstić information content (AvgIpc) is 3.02. The first-order valence-corrected chi connectivity index (χ1v) is 8.51. The van der Waals surface area contributed by atoms with Crippen molar-refractivity contribution in [2.75, 3.05) is 11.9 Å². The molecule has 3 amide bonds. The Balaban J connectivity index is 1.74. The summed E-state index contributed by atoms with van der Waals surface area (Å²) in [7, 11) is 0. The second kappa shape index (κ2) is 7.78. The highest BCUT2D eigenvalue weighted by Crippen LogP contribution is 2.21. The molecule has 5 N–H and O–H groups in total. The third-order valence-electron chi connectivity index (χ3n) is 4.09. The molecule has 1 aromatic heterocycles. The molecule has 28 heavy (non-hydrogen) atoms. The van der Waals surface area contributed by atoms with Gasteiger partial charge in [0.05, 0.1) is 11.0 Å². The van der Waals surface area contributed by atoms with Gasteiger partial charge < -0.3 is 20.8 Å². The fraction of sp³-hybridized carbons (Fsp3) is 0.158. The van der Waals surface area contributed by atoms with E-state index in [4.69, 9.17) is 16.2 Å². The van der Waals surface area contributed by atoms with Crippen molar-refractivity contribution in [2.24, 2.45) is 11.5 Å². The second-order valence-electron chi connectivity index (χ2n) is 5.98. The molecule has 2 aromatic carbocycles. The summed E-state index contributed by atoms with van der Waals surface area (Å²) < 4.78 is 7.21. The molecule has 144 valence electrons. The number of aryl methyl sites for hydroxylation is 1. The van der Waals surface area contributed by atoms with E-state index < -0.39 is 17.7 Å². The van der Waals surface area contributed by atoms with Gasteiger partial charge in [-0.2, -0.15) is 0 Å². The van der Waals surface area contributed by atoms with Crippen LogP contribution < -0.4 is 21.5 Å². The van der Waals surface area contributed by atoms with Crippen molar-refractivity contribution in [1.29, 1.82) is 0 Å². The summed E-state index contributed by atoms with van der Waals surface area (Å²) in [5.41, 5.74) is 12.5. The van der Waals surface area contributed by atoms with Crippen LogP contribution in [0, 0.1) is 0 Å². The number of hydrogen-bond donors (Lipinski definition) is 3. The van der Waals surface area contributed by atoms with E-state index in [1.165, 1.54) is 6.07 Å². The minimum Gasteiger partial charge on any atom is -0.484 e. The Morgan fingerprint density at radius 1 is 1.07 bits per heavy atom. The summed E-state index contributed by atoms with van der Waals surface area (Å²) in [5.74, 6) is -0.878. The summed E-state index contributed by atoms with van der Waals surface area (Å²) in [6.07, 6.45) is 0. The second-order valence-corrected chi connectivity index (χ2v) is 5.98. The first-order chi connectivity index (χ1) is 13.4. The molecular formula is C19H19N5O4. The topological polar surface area (TPSA) is 142 Å². The highest BCUT2D eigenvalue weighted by Gasteiger charge is 2.14. The number of primary amides is 2. The van der Waals surface area contributed by atoms with Crippen molar-refractivity contribution < 1.29 is 19.1 Å². The van der Waals surface area contributed by atoms with Gasteiger partial charge in [0, 0.05) is 17.7 Å². The smallest absolute Gasteiger partial charge is 0.264 e. The van der Waals surface area contributed by atoms with Crippen LogP contribution in [0.2, 0.25) is 0 Å². The Morgan fingerprint density at radius 2 is 1.79 bits per heavy atom. The number of nitrogens with zero attached hydrogens (tertiary/aromatic N) is 2. The van der Waals surface area contributed by atoms with Gasteiger partial charge in [-0.3, -0.25) is 19.7 Å². The van der Waals surface area contributed by atoms with Crippen molar-refractivity contribution >= 4 is 34.7 Å². The standard InChI is InChI=1S/C19H19N5O4/c1-2-24-15-7-6-12(18(21)27)9-14(15)22-19(24)23-16(25)10-28-13-5-3-4-11(8-13)17(20)26/h3-9H,2,10H2,1H3,(H2,20,26)(H2,21,27)(H,22,23,25). The molecule has 0 saturated heterocycles. The van der Waals surface area contributed by atoms with Gasteiger partial charge >= 0.3 is 0 Å². The zero-order valence-corrected chi connectivity index (χ0v) is 15.1. The number of ether oxygens (including phenoxy) is 1. The molecule has 0 bridgehead atoms. The molecule has 0 fully saturated rings. The van der Waals surface area contributed by atoms with Crippen molar-refractivity contribution in [2.45, 2.75) is 13.5 Å². The molecular weight excluding hydrogens is 362 g/mol. The summed E-state index contributed by atoms with van der Waals surface area (Å²) in [6, 6.07) is 11.2. The summed E-state index contributed by atoms with van der Waals surface area (Å²) in [5, 5.41) is 2.69. The highest BCUT2D eigenvalue weighted by atomic mass is 16.5. The van der Waals surface area contributed by atoms with Crippen molar-refractivity contribution in [3.05, 3.63) is 53.6 Å². The van der Waals surface area contributed by atoms with Gasteiger partial charge in [-0.25, -0.2) is 4.98 Å². The van der Waals surface area contributed by atoms with Gasteiger partial charge in [0.25, 0.3) is 5.91 Å². The number of fused-ring (bicyclic) bond motifs is 1. The van der Waals surface area contributed by atoms with Crippen LogP contribution in [0.5, 0.6) is 5.75 Å². The first-order valence-electron chi connectivity index (χ1n) is 8.51. The number of carbonyl (C=O) groups excluding carboxylic acids is 3. The molecule has 0 radical (unpaired) electrons. The Labute approximate surface area is 160 Å². The molecule has 0 aliphatic rings. The van der Waals surface area contributed by atoms with E-state index >= 15 is 0 Å². The zero-order chi connectivity index (χ0) is 20.3. The van der Waals surface area contributed by atoms with E-state index in [-0.39, 0.29) is 12.2 Å². The number of nitrogens with one attached hydrogen (secondary N) is 1. The number of carbonyl (C=O) groups is 3. The lowest BCUT2D eigenvalue weighted by atomic mass is 10.2. The molecule has 0 atom stereocenters. The Bertz CT molecular complexity index is 1070. The lowest BCUT2D eigenvalue weighted by Crippen LogP contribution is -2.22. The largest absolute Gasteiger partial charge is 0.484 e. The molecule has 3 rings (SSSR count). The monoisotopic (exact) mass is 381 g/mol. The molecule has 9 nitrogen and oxygen atoms in total. The maximum absolute atomic E-state index is 12.3. The quantitative estimate of drug-likeness (QED) is 0.565. The minimum atomic E-state index is -0.582. The van der Waals surface area contributed by atoms with E-state index in [1.807, 2.05) is 6.92 Å². The van der Waals surface area contributed by atoms with E-state index in [0.717, 1.165) is 5.52 Å². The summed E-state index contributed by atoms with van der Waals surface area (Å²) >= 11 is 0. The fourth-order valence-electron chi connectivity index (χ4n) is 2.75. The maximum Gasteiger partial charge on any atom is 0.264 e. The molecule has 0 saturated carbocycles. The average molecular weight is 381 g/mol. The van der Waals surface area contributed by atoms with E-state index in [9.17, 15) is 14.4 Å². The minimum absolute atomic E-state index is 0.276. The van der Waals surface area contributed by atoms with Crippen LogP contribution >= 0.6 is 0 Å². The fourth-order valence-corrected chi connectivity index (χ4v) is 2.75. The number of hydrogen-bond acceptors (Lipinski definition) is 5. The molecule has 0 spiro atoms. The Kier molecular flexibility index (Phi) is 5.25. The first kappa shape index (κ1) is 18.9. The van der Waals surface area contributed by atoms with Crippen LogP contribution in [0.4, 0.5) is 5.95 Å². The van der Waals surface area contributed by atoms with E-state index in [2.05, 4.69) is 10.3 Å². The van der Waals surface area contributed by atoms with Gasteiger partial charge in [-0.05, 0) is 43.3 Å². The van der Waals surface area contributed by atoms with Crippen LogP contribution in [0.3, 0.4) is 0 Å². The third kappa shape index (κ3) is 3.93. The predicted octanol–water partition coefficient (Wildman–Crippen LogP) is 1.27. The van der Waals surface area contributed by atoms with Crippen LogP contribution in [0.1, 0.15) is 27.6 Å². The number of rotatable bonds is 7. The predicted molar refractivity (Wildman–Crippen MR) is 103 cm³/mol. The van der Waals surface area contributed by atoms with Gasteiger partial charge in [0.2, 0.25) is 17.8 Å².